The first-order chi connectivity index (χ1) is 7.96. The van der Waals surface area contributed by atoms with Crippen LogP contribution >= 0.6 is 15.9 Å². The minimum atomic E-state index is -1.79. The molecule has 0 N–H and O–H groups in total. The van der Waals surface area contributed by atoms with E-state index in [1.165, 1.54) is 0 Å². The molecular weight excluding hydrogens is 306 g/mol. The molecule has 0 aliphatic heterocycles. The van der Waals surface area contributed by atoms with E-state index in [4.69, 9.17) is 4.43 Å². The zero-order chi connectivity index (χ0) is 14.2. The summed E-state index contributed by atoms with van der Waals surface area (Å²) in [5.41, 5.74) is 0.638. The van der Waals surface area contributed by atoms with Gasteiger partial charge in [0.05, 0.1) is 11.3 Å². The van der Waals surface area contributed by atoms with Gasteiger partial charge in [-0.2, -0.15) is 0 Å². The highest BCUT2D eigenvalue weighted by Crippen LogP contribution is 2.41. The summed E-state index contributed by atoms with van der Waals surface area (Å²) < 4.78 is 7.47. The van der Waals surface area contributed by atoms with Gasteiger partial charge in [-0.15, -0.1) is 0 Å². The zero-order valence-corrected chi connectivity index (χ0v) is 15.1. The summed E-state index contributed by atoms with van der Waals surface area (Å²) in [5, 5.41) is 0.208. The number of pyridine rings is 1. The zero-order valence-electron chi connectivity index (χ0n) is 12.5. The fourth-order valence-corrected chi connectivity index (χ4v) is 3.50. The van der Waals surface area contributed by atoms with Crippen molar-refractivity contribution >= 4 is 24.2 Å². The third-order valence-electron chi connectivity index (χ3n) is 3.66. The van der Waals surface area contributed by atoms with E-state index in [1.54, 1.807) is 0 Å². The average molecular weight is 330 g/mol. The molecule has 1 aromatic rings. The summed E-state index contributed by atoms with van der Waals surface area (Å²) in [6.07, 6.45) is 1.83. The SMILES string of the molecule is CC(C)(O[Si](C)(C)C(C)(C)C)c1ccc(Br)cn1. The monoisotopic (exact) mass is 329 g/mol. The normalized spacial score (nSPS) is 13.8. The van der Waals surface area contributed by atoms with Crippen molar-refractivity contribution in [2.75, 3.05) is 0 Å². The van der Waals surface area contributed by atoms with Gasteiger partial charge in [-0.3, -0.25) is 4.98 Å². The molecule has 18 heavy (non-hydrogen) atoms. The number of rotatable bonds is 3. The summed E-state index contributed by atoms with van der Waals surface area (Å²) in [4.78, 5) is 4.47. The third-order valence-corrected chi connectivity index (χ3v) is 8.76. The molecule has 2 nitrogen and oxygen atoms in total. The van der Waals surface area contributed by atoms with Crippen molar-refractivity contribution < 1.29 is 4.43 Å². The minimum Gasteiger partial charge on any atom is -0.406 e. The number of hydrogen-bond donors (Lipinski definition) is 0. The quantitative estimate of drug-likeness (QED) is 0.719. The van der Waals surface area contributed by atoms with E-state index in [0.29, 0.717) is 0 Å². The smallest absolute Gasteiger partial charge is 0.193 e. The third kappa shape index (κ3) is 3.65. The van der Waals surface area contributed by atoms with E-state index in [1.807, 2.05) is 18.3 Å². The predicted molar refractivity (Wildman–Crippen MR) is 83.2 cm³/mol. The molecule has 0 atom stereocenters. The van der Waals surface area contributed by atoms with Crippen molar-refractivity contribution in [1.29, 1.82) is 0 Å². The van der Waals surface area contributed by atoms with Gasteiger partial charge in [0.25, 0.3) is 0 Å². The van der Waals surface area contributed by atoms with E-state index in [0.717, 1.165) is 10.2 Å². The van der Waals surface area contributed by atoms with Crippen LogP contribution in [0, 0.1) is 0 Å². The molecule has 0 aliphatic rings. The molecule has 0 radical (unpaired) electrons. The van der Waals surface area contributed by atoms with E-state index in [9.17, 15) is 0 Å². The van der Waals surface area contributed by atoms with Crippen molar-refractivity contribution in [2.24, 2.45) is 0 Å². The maximum Gasteiger partial charge on any atom is 0.193 e. The molecule has 0 saturated carbocycles. The number of hydrogen-bond acceptors (Lipinski definition) is 2. The molecule has 0 bridgehead atoms. The molecule has 1 rings (SSSR count). The summed E-state index contributed by atoms with van der Waals surface area (Å²) >= 11 is 3.41. The Kier molecular flexibility index (Phi) is 4.46. The molecule has 1 heterocycles. The first-order valence-electron chi connectivity index (χ1n) is 6.28. The molecule has 0 aromatic carbocycles. The second kappa shape index (κ2) is 5.06. The van der Waals surface area contributed by atoms with Crippen LogP contribution in [0.5, 0.6) is 0 Å². The van der Waals surface area contributed by atoms with E-state index in [-0.39, 0.29) is 10.6 Å². The second-order valence-electron chi connectivity index (χ2n) is 6.73. The minimum absolute atomic E-state index is 0.208. The molecule has 0 fully saturated rings. The molecule has 0 saturated heterocycles. The maximum atomic E-state index is 6.48. The first-order valence-corrected chi connectivity index (χ1v) is 9.98. The molecule has 0 unspecified atom stereocenters. The highest BCUT2D eigenvalue weighted by Gasteiger charge is 2.42. The van der Waals surface area contributed by atoms with Gasteiger partial charge in [-0.25, -0.2) is 0 Å². The largest absolute Gasteiger partial charge is 0.406 e. The van der Waals surface area contributed by atoms with Crippen LogP contribution in [0.1, 0.15) is 40.3 Å². The molecule has 1 aromatic heterocycles. The van der Waals surface area contributed by atoms with Crippen LogP contribution < -0.4 is 0 Å². The Morgan fingerprint density at radius 1 is 1.11 bits per heavy atom. The van der Waals surface area contributed by atoms with Crippen LogP contribution in [0.3, 0.4) is 0 Å². The van der Waals surface area contributed by atoms with Crippen LogP contribution in [0.4, 0.5) is 0 Å². The van der Waals surface area contributed by atoms with E-state index < -0.39 is 8.32 Å². The van der Waals surface area contributed by atoms with Crippen LogP contribution in [-0.2, 0) is 10.0 Å². The fourth-order valence-electron chi connectivity index (χ4n) is 1.58. The average Bonchev–Trinajstić information content (AvgIpc) is 2.14. The Morgan fingerprint density at radius 2 is 1.67 bits per heavy atom. The lowest BCUT2D eigenvalue weighted by molar-refractivity contribution is 0.0856. The van der Waals surface area contributed by atoms with Gasteiger partial charge in [0.1, 0.15) is 0 Å². The Labute approximate surface area is 120 Å². The van der Waals surface area contributed by atoms with Crippen molar-refractivity contribution in [3.8, 4) is 0 Å². The Balaban J connectivity index is 2.98. The van der Waals surface area contributed by atoms with Crippen LogP contribution in [0.25, 0.3) is 0 Å². The lowest BCUT2D eigenvalue weighted by Crippen LogP contribution is -2.46. The van der Waals surface area contributed by atoms with Gasteiger partial charge in [0, 0.05) is 10.7 Å². The molecule has 0 spiro atoms. The molecule has 0 amide bonds. The van der Waals surface area contributed by atoms with Crippen LogP contribution in [-0.4, -0.2) is 13.3 Å². The van der Waals surface area contributed by atoms with Gasteiger partial charge < -0.3 is 4.43 Å². The van der Waals surface area contributed by atoms with Crippen molar-refractivity contribution in [3.63, 3.8) is 0 Å². The van der Waals surface area contributed by atoms with E-state index in [2.05, 4.69) is 68.6 Å². The van der Waals surface area contributed by atoms with Gasteiger partial charge >= 0.3 is 0 Å². The lowest BCUT2D eigenvalue weighted by atomic mass is 10.1. The topological polar surface area (TPSA) is 22.1 Å². The summed E-state index contributed by atoms with van der Waals surface area (Å²) in [6, 6.07) is 4.04. The van der Waals surface area contributed by atoms with Gasteiger partial charge in [-0.1, -0.05) is 20.8 Å². The summed E-state index contributed by atoms with van der Waals surface area (Å²) in [7, 11) is -1.79. The second-order valence-corrected chi connectivity index (χ2v) is 12.4. The Bertz CT molecular complexity index is 407. The Morgan fingerprint density at radius 3 is 2.06 bits per heavy atom. The highest BCUT2D eigenvalue weighted by atomic mass is 79.9. The van der Waals surface area contributed by atoms with Crippen molar-refractivity contribution in [2.45, 2.75) is 58.4 Å². The van der Waals surface area contributed by atoms with Crippen LogP contribution in [0.15, 0.2) is 22.8 Å². The number of halogens is 1. The lowest BCUT2D eigenvalue weighted by Gasteiger charge is -2.42. The molecular formula is C14H24BrNOSi. The summed E-state index contributed by atoms with van der Waals surface area (Å²) in [6.45, 7) is 15.5. The standard InChI is InChI=1S/C14H24BrNOSi/c1-13(2,3)18(6,7)17-14(4,5)12-9-8-11(15)10-16-12/h8-10H,1-7H3. The Hall–Kier alpha value is -0.193. The van der Waals surface area contributed by atoms with Gasteiger partial charge in [-0.05, 0) is 60.0 Å². The van der Waals surface area contributed by atoms with Crippen LogP contribution in [0.2, 0.25) is 18.1 Å². The summed E-state index contributed by atoms with van der Waals surface area (Å²) in [5.74, 6) is 0. The first kappa shape index (κ1) is 15.9. The van der Waals surface area contributed by atoms with Crippen molar-refractivity contribution in [3.05, 3.63) is 28.5 Å². The van der Waals surface area contributed by atoms with Gasteiger partial charge in [0.15, 0.2) is 8.32 Å². The highest BCUT2D eigenvalue weighted by molar-refractivity contribution is 9.10. The predicted octanol–water partition coefficient (Wildman–Crippen LogP) is 5.10. The number of nitrogens with zero attached hydrogens (tertiary/aromatic N) is 1. The molecule has 102 valence electrons. The fraction of sp³-hybridized carbons (Fsp3) is 0.643. The van der Waals surface area contributed by atoms with E-state index >= 15 is 0 Å². The maximum absolute atomic E-state index is 6.48. The number of aromatic nitrogens is 1. The van der Waals surface area contributed by atoms with Crippen molar-refractivity contribution in [1.82, 2.24) is 4.98 Å². The van der Waals surface area contributed by atoms with Gasteiger partial charge in [0.2, 0.25) is 0 Å². The molecule has 0 aliphatic carbocycles. The molecule has 4 heteroatoms.